The van der Waals surface area contributed by atoms with Crippen LogP contribution in [0.5, 0.6) is 0 Å². The summed E-state index contributed by atoms with van der Waals surface area (Å²) in [5.74, 6) is 0.0912. The molecular weight excluding hydrogens is 290 g/mol. The van der Waals surface area contributed by atoms with Crippen LogP contribution in [0.1, 0.15) is 22.5 Å². The van der Waals surface area contributed by atoms with Crippen LogP contribution in [-0.4, -0.2) is 30.6 Å². The predicted octanol–water partition coefficient (Wildman–Crippen LogP) is 1.25. The summed E-state index contributed by atoms with van der Waals surface area (Å²) in [6.45, 7) is 0.369. The van der Waals surface area contributed by atoms with Gasteiger partial charge < -0.3 is 0 Å². The molecule has 0 N–H and O–H groups in total. The van der Waals surface area contributed by atoms with Gasteiger partial charge in [0, 0.05) is 20.0 Å². The van der Waals surface area contributed by atoms with Crippen LogP contribution in [-0.2, 0) is 13.6 Å². The van der Waals surface area contributed by atoms with Crippen molar-refractivity contribution in [3.8, 4) is 0 Å². The number of rotatable bonds is 5. The van der Waals surface area contributed by atoms with Gasteiger partial charge in [0.05, 0.1) is 11.1 Å². The van der Waals surface area contributed by atoms with E-state index in [0.717, 1.165) is 4.88 Å². The molecule has 0 aliphatic rings. The van der Waals surface area contributed by atoms with Gasteiger partial charge in [-0.15, -0.1) is 16.4 Å². The van der Waals surface area contributed by atoms with Gasteiger partial charge in [-0.1, -0.05) is 11.3 Å². The van der Waals surface area contributed by atoms with Crippen molar-refractivity contribution in [2.75, 3.05) is 0 Å². The van der Waals surface area contributed by atoms with E-state index in [1.54, 1.807) is 13.1 Å². The third-order valence-electron chi connectivity index (χ3n) is 3.19. The van der Waals surface area contributed by atoms with Crippen LogP contribution in [0.15, 0.2) is 28.5 Å². The quantitative estimate of drug-likeness (QED) is 0.662. The van der Waals surface area contributed by atoms with Crippen LogP contribution in [0.4, 0.5) is 0 Å². The Labute approximate surface area is 123 Å². The summed E-state index contributed by atoms with van der Waals surface area (Å²) in [5.41, 5.74) is 0.239. The molecule has 8 heteroatoms. The number of carbonyl (C=O) groups is 1. The molecule has 108 valence electrons. The molecule has 0 unspecified atom stereocenters. The third kappa shape index (κ3) is 2.62. The van der Waals surface area contributed by atoms with E-state index in [1.807, 2.05) is 11.4 Å². The van der Waals surface area contributed by atoms with Crippen LogP contribution in [0.3, 0.4) is 0 Å². The number of thiophene rings is 1. The summed E-state index contributed by atoms with van der Waals surface area (Å²) in [7, 11) is 1.71. The zero-order chi connectivity index (χ0) is 14.8. The van der Waals surface area contributed by atoms with E-state index in [0.29, 0.717) is 30.4 Å². The molecule has 0 amide bonds. The third-order valence-corrected chi connectivity index (χ3v) is 4.10. The van der Waals surface area contributed by atoms with Gasteiger partial charge in [-0.25, -0.2) is 9.36 Å². The summed E-state index contributed by atoms with van der Waals surface area (Å²) < 4.78 is 2.79. The van der Waals surface area contributed by atoms with Crippen molar-refractivity contribution in [2.45, 2.75) is 19.4 Å². The van der Waals surface area contributed by atoms with Crippen LogP contribution >= 0.6 is 11.3 Å². The topological polar surface area (TPSA) is 82.7 Å². The SMILES string of the molecule is Cn1ncc2c(=O)n(CCCC(=O)c3cccs3)nnc21. The molecule has 7 nitrogen and oxygen atoms in total. The van der Waals surface area contributed by atoms with Gasteiger partial charge in [0.25, 0.3) is 5.56 Å². The first kappa shape index (κ1) is 13.6. The number of aromatic nitrogens is 5. The van der Waals surface area contributed by atoms with E-state index in [-0.39, 0.29) is 11.3 Å². The van der Waals surface area contributed by atoms with E-state index in [9.17, 15) is 9.59 Å². The van der Waals surface area contributed by atoms with E-state index in [4.69, 9.17) is 0 Å². The molecule has 0 aliphatic carbocycles. The fourth-order valence-electron chi connectivity index (χ4n) is 2.07. The molecule has 3 aromatic heterocycles. The fourth-order valence-corrected chi connectivity index (χ4v) is 2.77. The monoisotopic (exact) mass is 303 g/mol. The summed E-state index contributed by atoms with van der Waals surface area (Å²) >= 11 is 1.43. The number of fused-ring (bicyclic) bond motifs is 1. The standard InChI is InChI=1S/C13H13N5O2S/c1-17-12-9(8-14-17)13(20)18(16-15-12)6-2-4-10(19)11-5-3-7-21-11/h3,5,7-8H,2,4,6H2,1H3. The van der Waals surface area contributed by atoms with Crippen molar-refractivity contribution in [3.05, 3.63) is 38.9 Å². The van der Waals surface area contributed by atoms with Crippen molar-refractivity contribution >= 4 is 28.2 Å². The molecule has 3 heterocycles. The van der Waals surface area contributed by atoms with Gasteiger partial charge >= 0.3 is 0 Å². The highest BCUT2D eigenvalue weighted by Crippen LogP contribution is 2.12. The molecule has 0 fully saturated rings. The summed E-state index contributed by atoms with van der Waals surface area (Å²) in [5, 5.41) is 14.2. The Kier molecular flexibility index (Phi) is 3.61. The number of hydrogen-bond acceptors (Lipinski definition) is 6. The van der Waals surface area contributed by atoms with E-state index in [2.05, 4.69) is 15.4 Å². The van der Waals surface area contributed by atoms with Gasteiger partial charge in [0.15, 0.2) is 11.4 Å². The zero-order valence-electron chi connectivity index (χ0n) is 11.4. The Bertz CT molecular complexity index is 834. The first-order chi connectivity index (χ1) is 10.2. The Hall–Kier alpha value is -2.35. The lowest BCUT2D eigenvalue weighted by atomic mass is 10.2. The second-order valence-corrected chi connectivity index (χ2v) is 5.57. The average molecular weight is 303 g/mol. The number of hydrogen-bond donors (Lipinski definition) is 0. The molecule has 21 heavy (non-hydrogen) atoms. The molecule has 0 atom stereocenters. The lowest BCUT2D eigenvalue weighted by Crippen LogP contribution is -2.24. The maximum Gasteiger partial charge on any atom is 0.280 e. The molecule has 0 saturated carbocycles. The van der Waals surface area contributed by atoms with Gasteiger partial charge in [0.1, 0.15) is 5.39 Å². The average Bonchev–Trinajstić information content (AvgIpc) is 3.12. The smallest absolute Gasteiger partial charge is 0.280 e. The normalized spacial score (nSPS) is 11.1. The molecule has 0 aromatic carbocycles. The second kappa shape index (κ2) is 5.57. The summed E-state index contributed by atoms with van der Waals surface area (Å²) in [6.07, 6.45) is 2.43. The molecule has 0 saturated heterocycles. The zero-order valence-corrected chi connectivity index (χ0v) is 12.2. The van der Waals surface area contributed by atoms with Gasteiger partial charge in [-0.05, 0) is 17.9 Å². The van der Waals surface area contributed by atoms with Crippen molar-refractivity contribution in [2.24, 2.45) is 7.05 Å². The van der Waals surface area contributed by atoms with Crippen LogP contribution in [0, 0.1) is 0 Å². The van der Waals surface area contributed by atoms with E-state index in [1.165, 1.54) is 26.9 Å². The molecule has 0 radical (unpaired) electrons. The van der Waals surface area contributed by atoms with Crippen LogP contribution < -0.4 is 5.56 Å². The van der Waals surface area contributed by atoms with Crippen molar-refractivity contribution < 1.29 is 4.79 Å². The largest absolute Gasteiger partial charge is 0.293 e. The number of carbonyl (C=O) groups excluding carboxylic acids is 1. The van der Waals surface area contributed by atoms with Crippen LogP contribution in [0.25, 0.3) is 11.0 Å². The highest BCUT2D eigenvalue weighted by molar-refractivity contribution is 7.12. The number of aryl methyl sites for hydroxylation is 2. The molecular formula is C13H13N5O2S. The molecule has 3 aromatic rings. The first-order valence-electron chi connectivity index (χ1n) is 6.49. The Morgan fingerprint density at radius 1 is 1.43 bits per heavy atom. The Balaban J connectivity index is 1.70. The van der Waals surface area contributed by atoms with Crippen molar-refractivity contribution in [1.82, 2.24) is 24.8 Å². The van der Waals surface area contributed by atoms with E-state index >= 15 is 0 Å². The lowest BCUT2D eigenvalue weighted by molar-refractivity contribution is 0.0982. The second-order valence-electron chi connectivity index (χ2n) is 4.63. The predicted molar refractivity (Wildman–Crippen MR) is 78.4 cm³/mol. The molecule has 0 bridgehead atoms. The number of nitrogens with zero attached hydrogens (tertiary/aromatic N) is 5. The minimum Gasteiger partial charge on any atom is -0.293 e. The minimum atomic E-state index is -0.225. The van der Waals surface area contributed by atoms with Gasteiger partial charge in [0.2, 0.25) is 0 Å². The summed E-state index contributed by atoms with van der Waals surface area (Å²) in [4.78, 5) is 24.8. The van der Waals surface area contributed by atoms with E-state index < -0.39 is 0 Å². The number of ketones is 1. The fraction of sp³-hybridized carbons (Fsp3) is 0.308. The Morgan fingerprint density at radius 3 is 3.05 bits per heavy atom. The first-order valence-corrected chi connectivity index (χ1v) is 7.37. The number of Topliss-reactive ketones (excluding diaryl/α,β-unsaturated/α-hetero) is 1. The molecule has 0 spiro atoms. The highest BCUT2D eigenvalue weighted by Gasteiger charge is 2.11. The summed E-state index contributed by atoms with van der Waals surface area (Å²) in [6, 6.07) is 3.66. The molecule has 3 rings (SSSR count). The van der Waals surface area contributed by atoms with Crippen molar-refractivity contribution in [1.29, 1.82) is 0 Å². The minimum absolute atomic E-state index is 0.0912. The lowest BCUT2D eigenvalue weighted by Gasteiger charge is -2.02. The molecule has 0 aliphatic heterocycles. The van der Waals surface area contributed by atoms with Crippen molar-refractivity contribution in [3.63, 3.8) is 0 Å². The van der Waals surface area contributed by atoms with Gasteiger partial charge in [-0.2, -0.15) is 5.10 Å². The maximum absolute atomic E-state index is 12.2. The van der Waals surface area contributed by atoms with Crippen LogP contribution in [0.2, 0.25) is 0 Å². The maximum atomic E-state index is 12.2. The Morgan fingerprint density at radius 2 is 2.29 bits per heavy atom. The highest BCUT2D eigenvalue weighted by atomic mass is 32.1. The van der Waals surface area contributed by atoms with Gasteiger partial charge in [-0.3, -0.25) is 9.59 Å².